The number of carboxylic acid groups (broad SMARTS) is 1. The summed E-state index contributed by atoms with van der Waals surface area (Å²) in [7, 11) is 0. The summed E-state index contributed by atoms with van der Waals surface area (Å²) in [5.41, 5.74) is 1.54. The Morgan fingerprint density at radius 2 is 2.00 bits per heavy atom. The number of hydrogen-bond donors (Lipinski definition) is 2. The molecule has 1 saturated heterocycles. The van der Waals surface area contributed by atoms with Crippen LogP contribution in [0.1, 0.15) is 35.3 Å². The van der Waals surface area contributed by atoms with Crippen molar-refractivity contribution in [2.45, 2.75) is 25.1 Å². The van der Waals surface area contributed by atoms with Gasteiger partial charge in [-0.3, -0.25) is 4.90 Å². The fourth-order valence-corrected chi connectivity index (χ4v) is 3.91. The molecule has 0 spiro atoms. The van der Waals surface area contributed by atoms with E-state index in [-0.39, 0.29) is 11.6 Å². The Labute approximate surface area is 144 Å². The first-order chi connectivity index (χ1) is 11.5. The standard InChI is InChI=1S/C18H16N2O3S/c1-18-10-14(13-4-2-3-5-15(13)23-18)19-17(24)20(18)12-8-6-11(7-9-12)16(21)22/h2-9,14H,10H2,1H3,(H,19,24)(H,21,22)/t14-,18+/m1/s1. The Morgan fingerprint density at radius 1 is 1.29 bits per heavy atom. The molecule has 0 saturated carbocycles. The summed E-state index contributed by atoms with van der Waals surface area (Å²) in [6.07, 6.45) is 0.741. The highest BCUT2D eigenvalue weighted by Crippen LogP contribution is 2.45. The second kappa shape index (κ2) is 5.21. The Balaban J connectivity index is 1.75. The molecule has 122 valence electrons. The number of nitrogens with zero attached hydrogens (tertiary/aromatic N) is 1. The number of carbonyl (C=O) groups is 1. The van der Waals surface area contributed by atoms with Crippen molar-refractivity contribution in [3.05, 3.63) is 59.7 Å². The summed E-state index contributed by atoms with van der Waals surface area (Å²) in [6.45, 7) is 2.01. The predicted molar refractivity (Wildman–Crippen MR) is 94.4 cm³/mol. The first-order valence-corrected chi connectivity index (χ1v) is 8.11. The van der Waals surface area contributed by atoms with Crippen LogP contribution in [0, 0.1) is 0 Å². The zero-order valence-corrected chi connectivity index (χ0v) is 13.8. The van der Waals surface area contributed by atoms with Crippen LogP contribution in [0.4, 0.5) is 5.69 Å². The van der Waals surface area contributed by atoms with E-state index in [1.54, 1.807) is 24.3 Å². The zero-order valence-electron chi connectivity index (χ0n) is 13.0. The topological polar surface area (TPSA) is 61.8 Å². The minimum absolute atomic E-state index is 0.113. The van der Waals surface area contributed by atoms with E-state index in [1.165, 1.54) is 0 Å². The summed E-state index contributed by atoms with van der Waals surface area (Å²) in [6, 6.07) is 14.7. The third-order valence-electron chi connectivity index (χ3n) is 4.55. The molecule has 2 aromatic carbocycles. The van der Waals surface area contributed by atoms with Gasteiger partial charge in [-0.15, -0.1) is 0 Å². The van der Waals surface area contributed by atoms with E-state index in [1.807, 2.05) is 36.1 Å². The first kappa shape index (κ1) is 15.0. The maximum Gasteiger partial charge on any atom is 0.335 e. The van der Waals surface area contributed by atoms with Crippen LogP contribution < -0.4 is 15.0 Å². The maximum absolute atomic E-state index is 11.0. The van der Waals surface area contributed by atoms with Crippen molar-refractivity contribution in [3.63, 3.8) is 0 Å². The van der Waals surface area contributed by atoms with Crippen LogP contribution in [0.2, 0.25) is 0 Å². The van der Waals surface area contributed by atoms with Crippen molar-refractivity contribution in [2.75, 3.05) is 4.90 Å². The number of nitrogens with one attached hydrogen (secondary N) is 1. The van der Waals surface area contributed by atoms with Crippen LogP contribution in [0.3, 0.4) is 0 Å². The average molecular weight is 340 g/mol. The molecule has 5 nitrogen and oxygen atoms in total. The Bertz CT molecular complexity index is 836. The van der Waals surface area contributed by atoms with Crippen LogP contribution >= 0.6 is 12.2 Å². The monoisotopic (exact) mass is 340 g/mol. The predicted octanol–water partition coefficient (Wildman–Crippen LogP) is 3.32. The molecule has 24 heavy (non-hydrogen) atoms. The largest absolute Gasteiger partial charge is 0.478 e. The van der Waals surface area contributed by atoms with Gasteiger partial charge >= 0.3 is 5.97 Å². The zero-order chi connectivity index (χ0) is 16.9. The molecule has 2 N–H and O–H groups in total. The van der Waals surface area contributed by atoms with Crippen LogP contribution in [0.5, 0.6) is 5.75 Å². The van der Waals surface area contributed by atoms with Crippen LogP contribution in [0.15, 0.2) is 48.5 Å². The highest BCUT2D eigenvalue weighted by molar-refractivity contribution is 7.80. The van der Waals surface area contributed by atoms with Crippen molar-refractivity contribution in [1.29, 1.82) is 0 Å². The molecule has 2 atom stereocenters. The van der Waals surface area contributed by atoms with Gasteiger partial charge in [-0.05, 0) is 49.5 Å². The Hall–Kier alpha value is -2.60. The molecule has 2 heterocycles. The summed E-state index contributed by atoms with van der Waals surface area (Å²) in [5.74, 6) is -0.103. The molecule has 0 radical (unpaired) electrons. The summed E-state index contributed by atoms with van der Waals surface area (Å²) >= 11 is 5.57. The van der Waals surface area contributed by atoms with Gasteiger partial charge in [0.2, 0.25) is 0 Å². The number of benzene rings is 2. The lowest BCUT2D eigenvalue weighted by molar-refractivity contribution is 0.0498. The molecule has 6 heteroatoms. The van der Waals surface area contributed by atoms with Gasteiger partial charge in [0.05, 0.1) is 11.6 Å². The fourth-order valence-electron chi connectivity index (χ4n) is 3.47. The minimum Gasteiger partial charge on any atom is -0.478 e. The Kier molecular flexibility index (Phi) is 3.25. The van der Waals surface area contributed by atoms with Crippen LogP contribution in [0.25, 0.3) is 0 Å². The fraction of sp³-hybridized carbons (Fsp3) is 0.222. The lowest BCUT2D eigenvalue weighted by Gasteiger charge is -2.52. The molecule has 2 bridgehead atoms. The summed E-state index contributed by atoms with van der Waals surface area (Å²) in [4.78, 5) is 13.0. The number of thiocarbonyl (C=S) groups is 1. The van der Waals surface area contributed by atoms with Gasteiger partial charge in [-0.2, -0.15) is 0 Å². The third kappa shape index (κ3) is 2.22. The number of hydrogen-bond acceptors (Lipinski definition) is 3. The maximum atomic E-state index is 11.0. The molecule has 2 aliphatic rings. The molecule has 0 aliphatic carbocycles. The van der Waals surface area contributed by atoms with Gasteiger partial charge in [-0.1, -0.05) is 18.2 Å². The van der Waals surface area contributed by atoms with E-state index in [0.29, 0.717) is 5.11 Å². The second-order valence-electron chi connectivity index (χ2n) is 6.21. The van der Waals surface area contributed by atoms with E-state index >= 15 is 0 Å². The normalized spacial score (nSPS) is 24.6. The van der Waals surface area contributed by atoms with Crippen molar-refractivity contribution in [3.8, 4) is 5.75 Å². The molecule has 1 fully saturated rings. The number of ether oxygens (including phenoxy) is 1. The van der Waals surface area contributed by atoms with Gasteiger partial charge in [0.15, 0.2) is 10.8 Å². The highest BCUT2D eigenvalue weighted by Gasteiger charge is 2.48. The SMILES string of the molecule is C[C@]12C[C@@H](NC(=S)N1c1ccc(C(=O)O)cc1)c1ccccc1O2. The van der Waals surface area contributed by atoms with E-state index in [0.717, 1.165) is 23.4 Å². The van der Waals surface area contributed by atoms with Crippen molar-refractivity contribution < 1.29 is 14.6 Å². The Morgan fingerprint density at radius 3 is 2.71 bits per heavy atom. The number of fused-ring (bicyclic) bond motifs is 4. The number of para-hydroxylation sites is 1. The quantitative estimate of drug-likeness (QED) is 0.818. The molecule has 4 rings (SSSR count). The summed E-state index contributed by atoms with van der Waals surface area (Å²) in [5, 5.41) is 13.0. The lowest BCUT2D eigenvalue weighted by Crippen LogP contribution is -2.65. The van der Waals surface area contributed by atoms with Crippen molar-refractivity contribution in [2.24, 2.45) is 0 Å². The van der Waals surface area contributed by atoms with Crippen LogP contribution in [-0.2, 0) is 0 Å². The number of aromatic carboxylic acids is 1. The highest BCUT2D eigenvalue weighted by atomic mass is 32.1. The van der Waals surface area contributed by atoms with Crippen LogP contribution in [-0.4, -0.2) is 21.9 Å². The van der Waals surface area contributed by atoms with E-state index < -0.39 is 11.7 Å². The van der Waals surface area contributed by atoms with E-state index in [9.17, 15) is 4.79 Å². The van der Waals surface area contributed by atoms with Gasteiger partial charge < -0.3 is 15.2 Å². The first-order valence-electron chi connectivity index (χ1n) is 7.70. The molecular weight excluding hydrogens is 324 g/mol. The number of carboxylic acids is 1. The number of rotatable bonds is 2. The van der Waals surface area contributed by atoms with Gasteiger partial charge in [0.25, 0.3) is 0 Å². The number of anilines is 1. The molecule has 0 amide bonds. The van der Waals surface area contributed by atoms with Gasteiger partial charge in [-0.25, -0.2) is 4.79 Å². The van der Waals surface area contributed by atoms with E-state index in [2.05, 4.69) is 5.32 Å². The van der Waals surface area contributed by atoms with E-state index in [4.69, 9.17) is 22.1 Å². The van der Waals surface area contributed by atoms with Crippen molar-refractivity contribution in [1.82, 2.24) is 5.32 Å². The molecule has 2 aromatic rings. The minimum atomic E-state index is -0.949. The lowest BCUT2D eigenvalue weighted by atomic mass is 9.90. The second-order valence-corrected chi connectivity index (χ2v) is 6.60. The van der Waals surface area contributed by atoms with Crippen molar-refractivity contribution >= 4 is 29.0 Å². The van der Waals surface area contributed by atoms with Gasteiger partial charge in [0.1, 0.15) is 5.75 Å². The molecule has 0 unspecified atom stereocenters. The van der Waals surface area contributed by atoms with Gasteiger partial charge in [0, 0.05) is 17.7 Å². The summed E-state index contributed by atoms with van der Waals surface area (Å²) < 4.78 is 6.29. The third-order valence-corrected chi connectivity index (χ3v) is 4.85. The molecule has 0 aromatic heterocycles. The molecule has 2 aliphatic heterocycles. The average Bonchev–Trinajstić information content (AvgIpc) is 2.54. The smallest absolute Gasteiger partial charge is 0.335 e. The molecular formula is C18H16N2O3S.